The van der Waals surface area contributed by atoms with Crippen molar-refractivity contribution < 1.29 is 13.3 Å². The quantitative estimate of drug-likeness (QED) is 0.606. The maximum Gasteiger partial charge on any atom is 0.269 e. The third kappa shape index (κ3) is 2.83. The SMILES string of the molecule is O=[N+]([O-])c1ccc(S(=O)(=O)N(C2CC2)C2CCc3ccccc32)cc1. The van der Waals surface area contributed by atoms with Crippen molar-refractivity contribution in [3.63, 3.8) is 0 Å². The van der Waals surface area contributed by atoms with E-state index in [-0.39, 0.29) is 22.7 Å². The van der Waals surface area contributed by atoms with Crippen LogP contribution in [0.5, 0.6) is 0 Å². The first-order valence-electron chi connectivity index (χ1n) is 8.34. The first-order valence-corrected chi connectivity index (χ1v) is 9.78. The molecule has 2 aromatic rings. The van der Waals surface area contributed by atoms with E-state index in [1.54, 1.807) is 4.31 Å². The molecule has 1 unspecified atom stereocenters. The fraction of sp³-hybridized carbons (Fsp3) is 0.333. The molecule has 1 atom stereocenters. The van der Waals surface area contributed by atoms with Crippen molar-refractivity contribution in [2.75, 3.05) is 0 Å². The van der Waals surface area contributed by atoms with E-state index in [9.17, 15) is 18.5 Å². The number of nitro groups is 1. The molecule has 1 saturated carbocycles. The van der Waals surface area contributed by atoms with Gasteiger partial charge in [0.2, 0.25) is 10.0 Å². The third-order valence-corrected chi connectivity index (χ3v) is 6.91. The summed E-state index contributed by atoms with van der Waals surface area (Å²) in [6.45, 7) is 0. The summed E-state index contributed by atoms with van der Waals surface area (Å²) in [5.41, 5.74) is 2.18. The van der Waals surface area contributed by atoms with Crippen LogP contribution in [-0.2, 0) is 16.4 Å². The van der Waals surface area contributed by atoms with Gasteiger partial charge in [-0.05, 0) is 48.9 Å². The van der Waals surface area contributed by atoms with Gasteiger partial charge in [-0.3, -0.25) is 10.1 Å². The molecule has 0 N–H and O–H groups in total. The Hall–Kier alpha value is -2.25. The van der Waals surface area contributed by atoms with E-state index in [4.69, 9.17) is 0 Å². The van der Waals surface area contributed by atoms with E-state index in [0.717, 1.165) is 31.2 Å². The number of aryl methyl sites for hydroxylation is 1. The highest BCUT2D eigenvalue weighted by Gasteiger charge is 2.44. The molecule has 0 spiro atoms. The highest BCUT2D eigenvalue weighted by atomic mass is 32.2. The number of nitrogens with zero attached hydrogens (tertiary/aromatic N) is 2. The minimum Gasteiger partial charge on any atom is -0.258 e. The standard InChI is InChI=1S/C18H18N2O4S/c21-20(22)15-8-10-16(11-9-15)25(23,24)19(14-6-7-14)18-12-5-13-3-1-2-4-17(13)18/h1-4,8-11,14,18H,5-7,12H2. The molecule has 0 bridgehead atoms. The molecule has 7 heteroatoms. The van der Waals surface area contributed by atoms with E-state index in [1.165, 1.54) is 29.8 Å². The number of hydrogen-bond acceptors (Lipinski definition) is 4. The molecule has 6 nitrogen and oxygen atoms in total. The molecule has 0 aromatic heterocycles. The monoisotopic (exact) mass is 358 g/mol. The summed E-state index contributed by atoms with van der Waals surface area (Å²) in [6.07, 6.45) is 3.39. The second-order valence-electron chi connectivity index (χ2n) is 6.57. The van der Waals surface area contributed by atoms with Crippen molar-refractivity contribution in [3.8, 4) is 0 Å². The first-order chi connectivity index (χ1) is 12.0. The van der Waals surface area contributed by atoms with E-state index >= 15 is 0 Å². The van der Waals surface area contributed by atoms with Gasteiger partial charge in [0.05, 0.1) is 15.9 Å². The highest BCUT2D eigenvalue weighted by Crippen LogP contribution is 2.44. The number of hydrogen-bond donors (Lipinski definition) is 0. The number of non-ortho nitro benzene ring substituents is 1. The van der Waals surface area contributed by atoms with Crippen molar-refractivity contribution in [1.29, 1.82) is 0 Å². The molecule has 0 saturated heterocycles. The van der Waals surface area contributed by atoms with Crippen LogP contribution in [0, 0.1) is 10.1 Å². The molecule has 4 rings (SSSR count). The van der Waals surface area contributed by atoms with E-state index in [0.29, 0.717) is 0 Å². The second-order valence-corrected chi connectivity index (χ2v) is 8.41. The summed E-state index contributed by atoms with van der Waals surface area (Å²) in [6, 6.07) is 13.0. The number of nitro benzene ring substituents is 1. The van der Waals surface area contributed by atoms with Crippen molar-refractivity contribution >= 4 is 15.7 Å². The lowest BCUT2D eigenvalue weighted by molar-refractivity contribution is -0.384. The predicted molar refractivity (Wildman–Crippen MR) is 92.6 cm³/mol. The van der Waals surface area contributed by atoms with Crippen LogP contribution in [-0.4, -0.2) is 23.7 Å². The fourth-order valence-corrected chi connectivity index (χ4v) is 5.49. The van der Waals surface area contributed by atoms with E-state index in [2.05, 4.69) is 6.07 Å². The zero-order valence-corrected chi connectivity index (χ0v) is 14.4. The Kier molecular flexibility index (Phi) is 3.85. The van der Waals surface area contributed by atoms with Crippen molar-refractivity contribution in [2.24, 2.45) is 0 Å². The third-order valence-electron chi connectivity index (χ3n) is 4.94. The van der Waals surface area contributed by atoms with Gasteiger partial charge in [0.1, 0.15) is 0 Å². The number of rotatable bonds is 5. The van der Waals surface area contributed by atoms with Gasteiger partial charge in [-0.15, -0.1) is 0 Å². The lowest BCUT2D eigenvalue weighted by Gasteiger charge is -2.29. The van der Waals surface area contributed by atoms with Crippen molar-refractivity contribution in [2.45, 2.75) is 42.7 Å². The van der Waals surface area contributed by atoms with Crippen LogP contribution in [0.1, 0.15) is 36.4 Å². The van der Waals surface area contributed by atoms with Gasteiger partial charge >= 0.3 is 0 Å². The zero-order chi connectivity index (χ0) is 17.6. The van der Waals surface area contributed by atoms with Gasteiger partial charge in [0, 0.05) is 18.2 Å². The minimum absolute atomic E-state index is 0.0244. The molecule has 0 aliphatic heterocycles. The average Bonchev–Trinajstić information content (AvgIpc) is 3.35. The molecule has 0 radical (unpaired) electrons. The normalized spacial score (nSPS) is 19.8. The molecule has 2 aliphatic carbocycles. The largest absolute Gasteiger partial charge is 0.269 e. The van der Waals surface area contributed by atoms with Crippen molar-refractivity contribution in [3.05, 3.63) is 69.8 Å². The van der Waals surface area contributed by atoms with Crippen LogP contribution >= 0.6 is 0 Å². The molecule has 1 fully saturated rings. The maximum atomic E-state index is 13.2. The number of fused-ring (bicyclic) bond motifs is 1. The van der Waals surface area contributed by atoms with E-state index in [1.807, 2.05) is 18.2 Å². The summed E-state index contributed by atoms with van der Waals surface area (Å²) < 4.78 is 28.1. The Morgan fingerprint density at radius 1 is 1.00 bits per heavy atom. The summed E-state index contributed by atoms with van der Waals surface area (Å²) in [7, 11) is -3.70. The molecular formula is C18H18N2O4S. The number of sulfonamides is 1. The molecule has 2 aromatic carbocycles. The minimum atomic E-state index is -3.70. The molecule has 0 heterocycles. The van der Waals surface area contributed by atoms with Gasteiger partial charge in [-0.1, -0.05) is 24.3 Å². The Morgan fingerprint density at radius 2 is 1.68 bits per heavy atom. The topological polar surface area (TPSA) is 80.5 Å². The molecular weight excluding hydrogens is 340 g/mol. The Morgan fingerprint density at radius 3 is 2.32 bits per heavy atom. The van der Waals surface area contributed by atoms with Crippen molar-refractivity contribution in [1.82, 2.24) is 4.31 Å². The Labute approximate surface area is 146 Å². The Balaban J connectivity index is 1.73. The number of benzene rings is 2. The van der Waals surface area contributed by atoms with Crippen LogP contribution in [0.4, 0.5) is 5.69 Å². The predicted octanol–water partition coefficient (Wildman–Crippen LogP) is 3.44. The van der Waals surface area contributed by atoms with Gasteiger partial charge < -0.3 is 0 Å². The average molecular weight is 358 g/mol. The van der Waals surface area contributed by atoms with Gasteiger partial charge in [0.15, 0.2) is 0 Å². The maximum absolute atomic E-state index is 13.2. The van der Waals surface area contributed by atoms with Crippen LogP contribution in [0.15, 0.2) is 53.4 Å². The highest BCUT2D eigenvalue weighted by molar-refractivity contribution is 7.89. The van der Waals surface area contributed by atoms with Gasteiger partial charge in [-0.25, -0.2) is 8.42 Å². The molecule has 0 amide bonds. The molecule has 130 valence electrons. The van der Waals surface area contributed by atoms with Crippen LogP contribution in [0.3, 0.4) is 0 Å². The molecule has 2 aliphatic rings. The zero-order valence-electron chi connectivity index (χ0n) is 13.5. The van der Waals surface area contributed by atoms with Crippen LogP contribution in [0.25, 0.3) is 0 Å². The smallest absolute Gasteiger partial charge is 0.258 e. The molecule has 25 heavy (non-hydrogen) atoms. The second kappa shape index (κ2) is 5.93. The van der Waals surface area contributed by atoms with Gasteiger partial charge in [0.25, 0.3) is 5.69 Å². The lowest BCUT2D eigenvalue weighted by Crippen LogP contribution is -2.36. The Bertz CT molecular complexity index is 920. The summed E-state index contributed by atoms with van der Waals surface area (Å²) in [5.74, 6) is 0. The van der Waals surface area contributed by atoms with Crippen LogP contribution in [0.2, 0.25) is 0 Å². The summed E-state index contributed by atoms with van der Waals surface area (Å²) in [4.78, 5) is 10.4. The van der Waals surface area contributed by atoms with Gasteiger partial charge in [-0.2, -0.15) is 4.31 Å². The van der Waals surface area contributed by atoms with E-state index < -0.39 is 14.9 Å². The van der Waals surface area contributed by atoms with Crippen LogP contribution < -0.4 is 0 Å². The fourth-order valence-electron chi connectivity index (χ4n) is 3.61. The summed E-state index contributed by atoms with van der Waals surface area (Å²) in [5, 5.41) is 10.8. The lowest BCUT2D eigenvalue weighted by atomic mass is 10.1. The first kappa shape index (κ1) is 16.2. The summed E-state index contributed by atoms with van der Waals surface area (Å²) >= 11 is 0.